The average Bonchev–Trinajstić information content (AvgIpc) is 3.67. The van der Waals surface area contributed by atoms with E-state index < -0.39 is 0 Å². The Kier molecular flexibility index (Phi) is 12.7. The standard InChI is InChI=1S/2C21H25N.2ClH.Zr/c2*1-20(2,3)17-12-15(14-10-8-7-9-11-14)16-13-18(21(4,5)6)22-19(16)17;;;/h2*7-13H,1-6H3;2*1H;/q;;;;+2/p-2. The van der Waals surface area contributed by atoms with Gasteiger partial charge in [0.05, 0.1) is 11.4 Å². The second-order valence-corrected chi connectivity index (χ2v) is 16.5. The molecule has 2 aromatic rings. The van der Waals surface area contributed by atoms with Crippen LogP contribution in [0.4, 0.5) is 0 Å². The largest absolute Gasteiger partial charge is 2.00 e. The van der Waals surface area contributed by atoms with Crippen LogP contribution in [0.25, 0.3) is 11.1 Å². The number of rotatable bonds is 2. The van der Waals surface area contributed by atoms with Gasteiger partial charge in [0.2, 0.25) is 0 Å². The summed E-state index contributed by atoms with van der Waals surface area (Å²) in [5, 5.41) is 0. The van der Waals surface area contributed by atoms with Crippen molar-refractivity contribution in [3.63, 3.8) is 0 Å². The first-order chi connectivity index (χ1) is 20.4. The molecule has 2 aliphatic carbocycles. The molecule has 0 fully saturated rings. The zero-order valence-corrected chi connectivity index (χ0v) is 34.2. The summed E-state index contributed by atoms with van der Waals surface area (Å²) < 4.78 is 0. The maximum absolute atomic E-state index is 5.00. The maximum Gasteiger partial charge on any atom is 2.00 e. The van der Waals surface area contributed by atoms with Crippen LogP contribution in [-0.4, -0.2) is 11.4 Å². The summed E-state index contributed by atoms with van der Waals surface area (Å²) in [7, 11) is 0. The van der Waals surface area contributed by atoms with E-state index in [9.17, 15) is 0 Å². The van der Waals surface area contributed by atoms with Crippen molar-refractivity contribution in [3.8, 4) is 0 Å². The normalized spacial score (nSPS) is 17.0. The Balaban J connectivity index is 0.000000307. The molecule has 0 unspecified atom stereocenters. The fraction of sp³-hybridized carbons (Fsp3) is 0.381. The van der Waals surface area contributed by atoms with Crippen LogP contribution in [0.3, 0.4) is 0 Å². The molecule has 0 atom stereocenters. The molecule has 5 heteroatoms. The minimum Gasteiger partial charge on any atom is -1.00 e. The second kappa shape index (κ2) is 14.7. The monoisotopic (exact) mass is 742 g/mol. The van der Waals surface area contributed by atoms with E-state index in [-0.39, 0.29) is 72.7 Å². The molecule has 0 amide bonds. The van der Waals surface area contributed by atoms with Crippen molar-refractivity contribution in [1.82, 2.24) is 0 Å². The van der Waals surface area contributed by atoms with Crippen LogP contribution in [-0.2, 0) is 26.2 Å². The summed E-state index contributed by atoms with van der Waals surface area (Å²) in [6.45, 7) is 27.0. The van der Waals surface area contributed by atoms with Gasteiger partial charge in [-0.2, -0.15) is 0 Å². The molecule has 4 aliphatic rings. The third-order valence-electron chi connectivity index (χ3n) is 8.53. The van der Waals surface area contributed by atoms with E-state index in [1.54, 1.807) is 0 Å². The van der Waals surface area contributed by atoms with Crippen LogP contribution in [0.15, 0.2) is 129 Å². The molecule has 0 N–H and O–H groups in total. The van der Waals surface area contributed by atoms with E-state index in [0.717, 1.165) is 0 Å². The molecule has 0 saturated heterocycles. The van der Waals surface area contributed by atoms with Crippen molar-refractivity contribution < 1.29 is 51.0 Å². The smallest absolute Gasteiger partial charge is 1.00 e. The van der Waals surface area contributed by atoms with Crippen LogP contribution in [0, 0.1) is 21.7 Å². The van der Waals surface area contributed by atoms with Gasteiger partial charge < -0.3 is 24.8 Å². The average molecular weight is 745 g/mol. The Labute approximate surface area is 316 Å². The van der Waals surface area contributed by atoms with Crippen LogP contribution in [0.5, 0.6) is 0 Å². The predicted octanol–water partition coefficient (Wildman–Crippen LogP) is 5.63. The summed E-state index contributed by atoms with van der Waals surface area (Å²) in [6.07, 6.45) is 9.23. The molecule has 2 heterocycles. The first kappa shape index (κ1) is 40.9. The number of allylic oxidation sites excluding steroid dienone is 8. The van der Waals surface area contributed by atoms with Gasteiger partial charge >= 0.3 is 26.2 Å². The molecule has 246 valence electrons. The molecule has 0 saturated carbocycles. The van der Waals surface area contributed by atoms with Crippen LogP contribution < -0.4 is 24.8 Å². The second-order valence-electron chi connectivity index (χ2n) is 16.5. The third-order valence-corrected chi connectivity index (χ3v) is 8.53. The molecule has 2 nitrogen and oxygen atoms in total. The van der Waals surface area contributed by atoms with Crippen molar-refractivity contribution >= 4 is 22.6 Å². The van der Waals surface area contributed by atoms with Crippen molar-refractivity contribution in [2.45, 2.75) is 83.1 Å². The molecule has 0 bridgehead atoms. The van der Waals surface area contributed by atoms with Gasteiger partial charge in [-0.3, -0.25) is 9.98 Å². The number of fused-ring (bicyclic) bond motifs is 2. The van der Waals surface area contributed by atoms with Gasteiger partial charge in [-0.1, -0.05) is 144 Å². The Bertz CT molecular complexity index is 1600. The van der Waals surface area contributed by atoms with Gasteiger partial charge in [-0.25, -0.2) is 0 Å². The fourth-order valence-electron chi connectivity index (χ4n) is 5.86. The number of aliphatic imine (C=N–C) groups is 2. The van der Waals surface area contributed by atoms with E-state index in [2.05, 4.69) is 168 Å². The van der Waals surface area contributed by atoms with E-state index in [1.807, 2.05) is 0 Å². The summed E-state index contributed by atoms with van der Waals surface area (Å²) >= 11 is 0. The number of nitrogens with zero attached hydrogens (tertiary/aromatic N) is 2. The molecule has 2 aliphatic heterocycles. The zero-order chi connectivity index (χ0) is 32.2. The maximum atomic E-state index is 5.00. The topological polar surface area (TPSA) is 24.7 Å². The zero-order valence-electron chi connectivity index (χ0n) is 30.2. The van der Waals surface area contributed by atoms with E-state index >= 15 is 0 Å². The predicted molar refractivity (Wildman–Crippen MR) is 192 cm³/mol. The van der Waals surface area contributed by atoms with Crippen molar-refractivity contribution in [1.29, 1.82) is 0 Å². The van der Waals surface area contributed by atoms with Crippen LogP contribution in [0.2, 0.25) is 0 Å². The molecule has 0 aromatic heterocycles. The van der Waals surface area contributed by atoms with Gasteiger partial charge in [-0.05, 0) is 68.6 Å². The molecule has 0 spiro atoms. The molecule has 47 heavy (non-hydrogen) atoms. The number of hydrogen-bond acceptors (Lipinski definition) is 2. The summed E-state index contributed by atoms with van der Waals surface area (Å²) in [5.41, 5.74) is 15.5. The van der Waals surface area contributed by atoms with E-state index in [0.29, 0.717) is 0 Å². The summed E-state index contributed by atoms with van der Waals surface area (Å²) in [4.78, 5) is 9.99. The van der Waals surface area contributed by atoms with Crippen molar-refractivity contribution in [2.75, 3.05) is 0 Å². The Morgan fingerprint density at radius 1 is 0.383 bits per heavy atom. The quantitative estimate of drug-likeness (QED) is 0.382. The number of hydrogen-bond donors (Lipinski definition) is 0. The first-order valence-corrected chi connectivity index (χ1v) is 16.0. The molecule has 6 rings (SSSR count). The summed E-state index contributed by atoms with van der Waals surface area (Å²) in [6, 6.07) is 21.3. The Morgan fingerprint density at radius 3 is 0.936 bits per heavy atom. The van der Waals surface area contributed by atoms with Gasteiger partial charge in [0, 0.05) is 33.4 Å². The van der Waals surface area contributed by atoms with Crippen molar-refractivity contribution in [3.05, 3.63) is 130 Å². The molecule has 2 aromatic carbocycles. The van der Waals surface area contributed by atoms with Gasteiger partial charge in [0.25, 0.3) is 0 Å². The van der Waals surface area contributed by atoms with Crippen LogP contribution in [0.1, 0.15) is 94.2 Å². The fourth-order valence-corrected chi connectivity index (χ4v) is 5.86. The summed E-state index contributed by atoms with van der Waals surface area (Å²) in [5.74, 6) is 0. The Hall–Kier alpha value is -2.32. The minimum absolute atomic E-state index is 0. The van der Waals surface area contributed by atoms with Crippen LogP contribution >= 0.6 is 0 Å². The molecule has 0 radical (unpaired) electrons. The number of halogens is 2. The van der Waals surface area contributed by atoms with E-state index in [4.69, 9.17) is 9.98 Å². The minimum atomic E-state index is 0. The molecular formula is C42H50Cl2N2Zr. The first-order valence-electron chi connectivity index (χ1n) is 16.0. The van der Waals surface area contributed by atoms with Gasteiger partial charge in [0.15, 0.2) is 0 Å². The van der Waals surface area contributed by atoms with Gasteiger partial charge in [0.1, 0.15) is 0 Å². The third kappa shape index (κ3) is 8.65. The van der Waals surface area contributed by atoms with Crippen molar-refractivity contribution in [2.24, 2.45) is 31.6 Å². The number of benzene rings is 2. The van der Waals surface area contributed by atoms with E-state index in [1.165, 1.54) is 67.4 Å². The Morgan fingerprint density at radius 2 is 0.681 bits per heavy atom. The SMILES string of the molecule is CC(C)(C)C1=NC2=C(C(C)(C)C)C=C(c3ccccc3)C2=C1.CC(C)(C)C1=NC2=C(C(C)(C)C)C=C(c3ccccc3)C2=C1.[Cl-].[Cl-].[Zr+2]. The van der Waals surface area contributed by atoms with Gasteiger partial charge in [-0.15, -0.1) is 0 Å². The molecular weight excluding hydrogens is 695 g/mol.